The van der Waals surface area contributed by atoms with E-state index in [1.54, 1.807) is 24.7 Å². The summed E-state index contributed by atoms with van der Waals surface area (Å²) in [5.74, 6) is 0.737. The molecule has 2 aromatic heterocycles. The van der Waals surface area contributed by atoms with Crippen LogP contribution in [-0.2, 0) is 12.0 Å². The van der Waals surface area contributed by atoms with Crippen LogP contribution in [0.5, 0.6) is 5.75 Å². The topological polar surface area (TPSA) is 83.7 Å². The van der Waals surface area contributed by atoms with E-state index in [1.165, 1.54) is 0 Å². The summed E-state index contributed by atoms with van der Waals surface area (Å²) in [6.07, 6.45) is 5.39. The van der Waals surface area contributed by atoms with Crippen molar-refractivity contribution in [3.8, 4) is 11.8 Å². The second-order valence-electron chi connectivity index (χ2n) is 8.06. The van der Waals surface area contributed by atoms with Crippen LogP contribution < -0.4 is 4.74 Å². The van der Waals surface area contributed by atoms with E-state index in [4.69, 9.17) is 4.74 Å². The van der Waals surface area contributed by atoms with Gasteiger partial charge in [0.1, 0.15) is 12.4 Å². The Morgan fingerprint density at radius 2 is 2.10 bits per heavy atom. The Labute approximate surface area is 173 Å². The van der Waals surface area contributed by atoms with Gasteiger partial charge in [-0.3, -0.25) is 4.79 Å². The van der Waals surface area contributed by atoms with Crippen molar-refractivity contribution >= 4 is 16.7 Å². The van der Waals surface area contributed by atoms with Gasteiger partial charge in [-0.05, 0) is 35.9 Å². The highest BCUT2D eigenvalue weighted by Crippen LogP contribution is 2.44. The Bertz CT molecular complexity index is 1320. The molecule has 2 aromatic carbocycles. The number of hydrogen-bond acceptors (Lipinski definition) is 4. The average Bonchev–Trinajstić information content (AvgIpc) is 3.40. The molecule has 0 fully saturated rings. The summed E-state index contributed by atoms with van der Waals surface area (Å²) in [6.45, 7) is 5.42. The van der Waals surface area contributed by atoms with Crippen LogP contribution in [0.1, 0.15) is 46.6 Å². The first kappa shape index (κ1) is 18.2. The summed E-state index contributed by atoms with van der Waals surface area (Å²) in [5.41, 5.74) is 4.17. The highest BCUT2D eigenvalue weighted by atomic mass is 16.5. The molecule has 1 aliphatic rings. The molecular formula is C24H20N4O2. The van der Waals surface area contributed by atoms with Crippen molar-refractivity contribution in [2.24, 2.45) is 0 Å². The highest BCUT2D eigenvalue weighted by Gasteiger charge is 2.39. The summed E-state index contributed by atoms with van der Waals surface area (Å²) in [4.78, 5) is 20.8. The third-order valence-electron chi connectivity index (χ3n) is 5.87. The molecule has 4 aromatic rings. The smallest absolute Gasteiger partial charge is 0.195 e. The van der Waals surface area contributed by atoms with Crippen LogP contribution >= 0.6 is 0 Å². The summed E-state index contributed by atoms with van der Waals surface area (Å²) in [7, 11) is 0. The third-order valence-corrected chi connectivity index (χ3v) is 5.87. The van der Waals surface area contributed by atoms with Gasteiger partial charge in [0, 0.05) is 40.0 Å². The lowest BCUT2D eigenvalue weighted by Gasteiger charge is -2.32. The lowest BCUT2D eigenvalue weighted by molar-refractivity contribution is 0.103. The first-order valence-corrected chi connectivity index (χ1v) is 9.83. The SMILES string of the molecule is CC1(C)c2cc(OCCn3ccnc3)ccc2C(=O)c2c1[nH]c1cc(C#N)ccc21. The zero-order valence-electron chi connectivity index (χ0n) is 16.8. The molecule has 6 heteroatoms. The number of rotatable bonds is 4. The molecule has 6 nitrogen and oxygen atoms in total. The average molecular weight is 396 g/mol. The maximum absolute atomic E-state index is 13.4. The molecule has 0 atom stereocenters. The van der Waals surface area contributed by atoms with Crippen LogP contribution in [0, 0.1) is 11.3 Å². The van der Waals surface area contributed by atoms with E-state index >= 15 is 0 Å². The number of imidazole rings is 1. The molecule has 148 valence electrons. The number of carbonyl (C=O) groups is 1. The number of H-pyrrole nitrogens is 1. The van der Waals surface area contributed by atoms with Gasteiger partial charge in [-0.1, -0.05) is 19.9 Å². The Kier molecular flexibility index (Phi) is 4.00. The molecule has 30 heavy (non-hydrogen) atoms. The highest BCUT2D eigenvalue weighted by molar-refractivity contribution is 6.20. The molecule has 0 radical (unpaired) electrons. The number of hydrogen-bond donors (Lipinski definition) is 1. The van der Waals surface area contributed by atoms with Gasteiger partial charge in [0.05, 0.1) is 30.1 Å². The standard InChI is InChI=1S/C24H20N4O2/c1-24(2)19-12-16(30-10-9-28-8-7-26-14-28)4-6-17(19)22(29)21-18-5-3-15(13-25)11-20(18)27-23(21)24/h3-8,11-12,14,27H,9-10H2,1-2H3. The largest absolute Gasteiger partial charge is 0.492 e. The number of nitrogens with zero attached hydrogens (tertiary/aromatic N) is 3. The number of benzene rings is 2. The summed E-state index contributed by atoms with van der Waals surface area (Å²) < 4.78 is 7.90. The fraction of sp³-hybridized carbons (Fsp3) is 0.208. The van der Waals surface area contributed by atoms with Crippen molar-refractivity contribution in [3.05, 3.63) is 83.1 Å². The van der Waals surface area contributed by atoms with Crippen LogP contribution in [-0.4, -0.2) is 26.9 Å². The van der Waals surface area contributed by atoms with Gasteiger partial charge in [-0.15, -0.1) is 0 Å². The van der Waals surface area contributed by atoms with Gasteiger partial charge in [-0.25, -0.2) is 4.98 Å². The Morgan fingerprint density at radius 3 is 2.87 bits per heavy atom. The molecule has 2 heterocycles. The minimum absolute atomic E-state index is 0.000230. The van der Waals surface area contributed by atoms with E-state index in [0.717, 1.165) is 27.9 Å². The molecule has 0 amide bonds. The Hall–Kier alpha value is -3.85. The van der Waals surface area contributed by atoms with Crippen LogP contribution in [0.3, 0.4) is 0 Å². The van der Waals surface area contributed by atoms with Gasteiger partial charge in [0.2, 0.25) is 0 Å². The van der Waals surface area contributed by atoms with Gasteiger partial charge < -0.3 is 14.3 Å². The third kappa shape index (κ3) is 2.71. The van der Waals surface area contributed by atoms with Crippen LogP contribution in [0.15, 0.2) is 55.1 Å². The monoisotopic (exact) mass is 396 g/mol. The minimum Gasteiger partial charge on any atom is -0.492 e. The first-order chi connectivity index (χ1) is 14.5. The maximum atomic E-state index is 13.4. The van der Waals surface area contributed by atoms with Crippen LogP contribution in [0.2, 0.25) is 0 Å². The molecule has 0 spiro atoms. The normalized spacial score (nSPS) is 14.2. The number of nitrogens with one attached hydrogen (secondary N) is 1. The summed E-state index contributed by atoms with van der Waals surface area (Å²) in [6, 6.07) is 13.2. The zero-order valence-corrected chi connectivity index (χ0v) is 16.8. The predicted molar refractivity (Wildman–Crippen MR) is 113 cm³/mol. The molecule has 0 bridgehead atoms. The van der Waals surface area contributed by atoms with Gasteiger partial charge in [-0.2, -0.15) is 5.26 Å². The maximum Gasteiger partial charge on any atom is 0.195 e. The number of fused-ring (bicyclic) bond motifs is 4. The number of carbonyl (C=O) groups excluding carboxylic acids is 1. The molecule has 0 unspecified atom stereocenters. The lowest BCUT2D eigenvalue weighted by Crippen LogP contribution is -2.30. The molecule has 1 N–H and O–H groups in total. The predicted octanol–water partition coefficient (Wildman–Crippen LogP) is 4.19. The van der Waals surface area contributed by atoms with Gasteiger partial charge in [0.25, 0.3) is 0 Å². The van der Waals surface area contributed by atoms with Crippen molar-refractivity contribution in [1.29, 1.82) is 5.26 Å². The number of aromatic nitrogens is 3. The van der Waals surface area contributed by atoms with Crippen molar-refractivity contribution in [3.63, 3.8) is 0 Å². The van der Waals surface area contributed by atoms with Gasteiger partial charge >= 0.3 is 0 Å². The van der Waals surface area contributed by atoms with E-state index in [2.05, 4.69) is 29.9 Å². The quantitative estimate of drug-likeness (QED) is 0.561. The minimum atomic E-state index is -0.409. The van der Waals surface area contributed by atoms with Gasteiger partial charge in [0.15, 0.2) is 5.78 Å². The number of ether oxygens (including phenoxy) is 1. The second kappa shape index (κ2) is 6.60. The lowest BCUT2D eigenvalue weighted by atomic mass is 9.71. The van der Waals surface area contributed by atoms with Crippen LogP contribution in [0.25, 0.3) is 10.9 Å². The molecule has 1 aliphatic carbocycles. The van der Waals surface area contributed by atoms with E-state index in [9.17, 15) is 10.1 Å². The summed E-state index contributed by atoms with van der Waals surface area (Å²) in [5, 5.41) is 10.1. The molecule has 5 rings (SSSR count). The van der Waals surface area contributed by atoms with Crippen molar-refractivity contribution in [2.45, 2.75) is 25.8 Å². The Balaban J connectivity index is 1.53. The van der Waals surface area contributed by atoms with Crippen molar-refractivity contribution in [2.75, 3.05) is 6.61 Å². The molecule has 0 saturated heterocycles. The Morgan fingerprint density at radius 1 is 1.23 bits per heavy atom. The van der Waals surface area contributed by atoms with E-state index < -0.39 is 5.41 Å². The van der Waals surface area contributed by atoms with E-state index in [-0.39, 0.29) is 5.78 Å². The fourth-order valence-electron chi connectivity index (χ4n) is 4.26. The first-order valence-electron chi connectivity index (χ1n) is 9.83. The number of aromatic amines is 1. The van der Waals surface area contributed by atoms with E-state index in [0.29, 0.717) is 29.8 Å². The van der Waals surface area contributed by atoms with Crippen molar-refractivity contribution in [1.82, 2.24) is 14.5 Å². The zero-order chi connectivity index (χ0) is 20.9. The molecule has 0 aliphatic heterocycles. The van der Waals surface area contributed by atoms with Crippen LogP contribution in [0.4, 0.5) is 0 Å². The fourth-order valence-corrected chi connectivity index (χ4v) is 4.26. The molecular weight excluding hydrogens is 376 g/mol. The molecule has 0 saturated carbocycles. The van der Waals surface area contributed by atoms with Crippen molar-refractivity contribution < 1.29 is 9.53 Å². The van der Waals surface area contributed by atoms with E-state index in [1.807, 2.05) is 35.0 Å². The number of nitriles is 1. The summed E-state index contributed by atoms with van der Waals surface area (Å²) >= 11 is 0. The second-order valence-corrected chi connectivity index (χ2v) is 8.06. The number of ketones is 1.